The van der Waals surface area contributed by atoms with Gasteiger partial charge in [0.25, 0.3) is 0 Å². The summed E-state index contributed by atoms with van der Waals surface area (Å²) in [5, 5.41) is 0. The number of nitrogen functional groups attached to an aromatic ring is 1. The molecule has 100 valence electrons. The molecular formula is C16H19NOS. The lowest BCUT2D eigenvalue weighted by Gasteiger charge is -2.08. The largest absolute Gasteiger partial charge is 0.497 e. The fourth-order valence-electron chi connectivity index (χ4n) is 1.83. The van der Waals surface area contributed by atoms with E-state index < -0.39 is 0 Å². The van der Waals surface area contributed by atoms with E-state index in [4.69, 9.17) is 10.5 Å². The third kappa shape index (κ3) is 3.67. The Labute approximate surface area is 119 Å². The molecule has 0 heterocycles. The molecule has 0 saturated heterocycles. The van der Waals surface area contributed by atoms with E-state index in [0.29, 0.717) is 5.92 Å². The summed E-state index contributed by atoms with van der Waals surface area (Å²) in [6.45, 7) is 4.40. The van der Waals surface area contributed by atoms with Crippen LogP contribution in [0.25, 0.3) is 0 Å². The van der Waals surface area contributed by atoms with Crippen LogP contribution in [0.3, 0.4) is 0 Å². The van der Waals surface area contributed by atoms with E-state index in [-0.39, 0.29) is 0 Å². The Morgan fingerprint density at radius 2 is 1.68 bits per heavy atom. The minimum Gasteiger partial charge on any atom is -0.497 e. The maximum atomic E-state index is 5.86. The van der Waals surface area contributed by atoms with Gasteiger partial charge in [-0.3, -0.25) is 0 Å². The number of hydrogen-bond donors (Lipinski definition) is 1. The summed E-state index contributed by atoms with van der Waals surface area (Å²) >= 11 is 1.69. The van der Waals surface area contributed by atoms with Crippen molar-refractivity contribution >= 4 is 17.4 Å². The van der Waals surface area contributed by atoms with Gasteiger partial charge in [0.15, 0.2) is 0 Å². The number of methoxy groups -OCH3 is 1. The van der Waals surface area contributed by atoms with E-state index in [9.17, 15) is 0 Å². The van der Waals surface area contributed by atoms with Crippen molar-refractivity contribution in [3.8, 4) is 5.75 Å². The minimum atomic E-state index is 0.562. The summed E-state index contributed by atoms with van der Waals surface area (Å²) in [4.78, 5) is 2.30. The zero-order valence-corrected chi connectivity index (χ0v) is 12.3. The Balaban J connectivity index is 2.18. The third-order valence-electron chi connectivity index (χ3n) is 2.92. The van der Waals surface area contributed by atoms with Crippen LogP contribution in [0.5, 0.6) is 5.75 Å². The fourth-order valence-corrected chi connectivity index (χ4v) is 2.74. The number of benzene rings is 2. The first-order valence-electron chi connectivity index (χ1n) is 6.31. The molecule has 0 aliphatic carbocycles. The molecule has 0 aliphatic rings. The standard InChI is InChI=1S/C16H19NOS/c1-11(2)12-4-6-15(7-5-12)19-16-9-13(17)8-14(10-16)18-3/h4-11H,17H2,1-3H3. The van der Waals surface area contributed by atoms with Crippen LogP contribution in [-0.2, 0) is 0 Å². The molecule has 19 heavy (non-hydrogen) atoms. The lowest BCUT2D eigenvalue weighted by atomic mass is 10.0. The predicted octanol–water partition coefficient (Wildman–Crippen LogP) is 4.55. The molecule has 0 fully saturated rings. The van der Waals surface area contributed by atoms with Crippen molar-refractivity contribution in [1.29, 1.82) is 0 Å². The van der Waals surface area contributed by atoms with Gasteiger partial charge in [0.2, 0.25) is 0 Å². The van der Waals surface area contributed by atoms with Crippen molar-refractivity contribution in [2.24, 2.45) is 0 Å². The summed E-state index contributed by atoms with van der Waals surface area (Å²) in [5.74, 6) is 1.35. The molecule has 0 atom stereocenters. The molecule has 0 amide bonds. The van der Waals surface area contributed by atoms with Gasteiger partial charge in [0.05, 0.1) is 7.11 Å². The van der Waals surface area contributed by atoms with Crippen LogP contribution in [0.15, 0.2) is 52.3 Å². The van der Waals surface area contributed by atoms with Crippen LogP contribution < -0.4 is 10.5 Å². The smallest absolute Gasteiger partial charge is 0.122 e. The Morgan fingerprint density at radius 1 is 1.00 bits per heavy atom. The molecule has 3 heteroatoms. The second kappa shape index (κ2) is 6.02. The van der Waals surface area contributed by atoms with Gasteiger partial charge in [0, 0.05) is 21.5 Å². The zero-order valence-electron chi connectivity index (χ0n) is 11.5. The highest BCUT2D eigenvalue weighted by Gasteiger charge is 2.03. The molecule has 0 aliphatic heterocycles. The Hall–Kier alpha value is -1.61. The van der Waals surface area contributed by atoms with E-state index >= 15 is 0 Å². The zero-order chi connectivity index (χ0) is 13.8. The summed E-state index contributed by atoms with van der Waals surface area (Å²) < 4.78 is 5.23. The highest BCUT2D eigenvalue weighted by atomic mass is 32.2. The second-order valence-corrected chi connectivity index (χ2v) is 5.91. The molecule has 2 aromatic carbocycles. The first kappa shape index (κ1) is 13.8. The quantitative estimate of drug-likeness (QED) is 0.830. The van der Waals surface area contributed by atoms with Crippen LogP contribution in [0.1, 0.15) is 25.3 Å². The van der Waals surface area contributed by atoms with Gasteiger partial charge in [-0.05, 0) is 35.7 Å². The van der Waals surface area contributed by atoms with Crippen LogP contribution in [-0.4, -0.2) is 7.11 Å². The normalized spacial score (nSPS) is 10.7. The maximum Gasteiger partial charge on any atom is 0.122 e. The highest BCUT2D eigenvalue weighted by molar-refractivity contribution is 7.99. The Morgan fingerprint density at radius 3 is 2.26 bits per heavy atom. The summed E-state index contributed by atoms with van der Waals surface area (Å²) in [5.41, 5.74) is 7.94. The van der Waals surface area contributed by atoms with Crippen LogP contribution in [0.2, 0.25) is 0 Å². The Bertz CT molecular complexity index is 549. The summed E-state index contributed by atoms with van der Waals surface area (Å²) in [6, 6.07) is 14.4. The van der Waals surface area contributed by atoms with Crippen molar-refractivity contribution < 1.29 is 4.74 Å². The second-order valence-electron chi connectivity index (χ2n) is 4.77. The SMILES string of the molecule is COc1cc(N)cc(Sc2ccc(C(C)C)cc2)c1. The lowest BCUT2D eigenvalue weighted by molar-refractivity contribution is 0.414. The van der Waals surface area contributed by atoms with Crippen molar-refractivity contribution in [1.82, 2.24) is 0 Å². The van der Waals surface area contributed by atoms with Gasteiger partial charge in [-0.2, -0.15) is 0 Å². The van der Waals surface area contributed by atoms with Gasteiger partial charge in [0.1, 0.15) is 5.75 Å². The van der Waals surface area contributed by atoms with E-state index in [0.717, 1.165) is 16.3 Å². The van der Waals surface area contributed by atoms with Gasteiger partial charge in [-0.25, -0.2) is 0 Å². The summed E-state index contributed by atoms with van der Waals surface area (Å²) in [6.07, 6.45) is 0. The van der Waals surface area contributed by atoms with Gasteiger partial charge >= 0.3 is 0 Å². The predicted molar refractivity (Wildman–Crippen MR) is 82.1 cm³/mol. The molecule has 2 nitrogen and oxygen atoms in total. The minimum absolute atomic E-state index is 0.562. The average molecular weight is 273 g/mol. The average Bonchev–Trinajstić information content (AvgIpc) is 2.38. The van der Waals surface area contributed by atoms with Crippen LogP contribution in [0, 0.1) is 0 Å². The molecule has 0 unspecified atom stereocenters. The van der Waals surface area contributed by atoms with Crippen molar-refractivity contribution in [2.45, 2.75) is 29.6 Å². The molecule has 0 bridgehead atoms. The van der Waals surface area contributed by atoms with Crippen molar-refractivity contribution in [2.75, 3.05) is 12.8 Å². The van der Waals surface area contributed by atoms with Crippen molar-refractivity contribution in [3.63, 3.8) is 0 Å². The molecule has 2 rings (SSSR count). The van der Waals surface area contributed by atoms with E-state index in [1.54, 1.807) is 18.9 Å². The molecule has 0 saturated carbocycles. The van der Waals surface area contributed by atoms with Gasteiger partial charge in [-0.1, -0.05) is 37.7 Å². The molecule has 0 spiro atoms. The first-order valence-corrected chi connectivity index (χ1v) is 7.12. The summed E-state index contributed by atoms with van der Waals surface area (Å²) in [7, 11) is 1.65. The first-order chi connectivity index (χ1) is 9.08. The molecule has 0 aromatic heterocycles. The highest BCUT2D eigenvalue weighted by Crippen LogP contribution is 2.32. The van der Waals surface area contributed by atoms with E-state index in [1.807, 2.05) is 18.2 Å². The number of nitrogens with two attached hydrogens (primary N) is 1. The van der Waals surface area contributed by atoms with Crippen molar-refractivity contribution in [3.05, 3.63) is 48.0 Å². The van der Waals surface area contributed by atoms with Crippen LogP contribution in [0.4, 0.5) is 5.69 Å². The van der Waals surface area contributed by atoms with Gasteiger partial charge in [-0.15, -0.1) is 0 Å². The number of rotatable bonds is 4. The molecule has 0 radical (unpaired) electrons. The Kier molecular flexibility index (Phi) is 4.38. The topological polar surface area (TPSA) is 35.2 Å². The maximum absolute atomic E-state index is 5.86. The number of ether oxygens (including phenoxy) is 1. The van der Waals surface area contributed by atoms with E-state index in [2.05, 4.69) is 38.1 Å². The number of anilines is 1. The molecular weight excluding hydrogens is 254 g/mol. The monoisotopic (exact) mass is 273 g/mol. The molecule has 2 N–H and O–H groups in total. The number of hydrogen-bond acceptors (Lipinski definition) is 3. The van der Waals surface area contributed by atoms with Gasteiger partial charge < -0.3 is 10.5 Å². The van der Waals surface area contributed by atoms with E-state index in [1.165, 1.54) is 10.5 Å². The molecule has 2 aromatic rings. The third-order valence-corrected chi connectivity index (χ3v) is 3.90. The van der Waals surface area contributed by atoms with Crippen LogP contribution >= 0.6 is 11.8 Å². The lowest BCUT2D eigenvalue weighted by Crippen LogP contribution is -1.89. The fraction of sp³-hybridized carbons (Fsp3) is 0.250.